The van der Waals surface area contributed by atoms with Crippen LogP contribution in [0, 0.1) is 13.8 Å². The molecule has 0 saturated carbocycles. The molecule has 1 aromatic heterocycles. The highest BCUT2D eigenvalue weighted by molar-refractivity contribution is 5.91. The molecule has 1 aliphatic carbocycles. The zero-order valence-electron chi connectivity index (χ0n) is 34.8. The third-order valence-corrected chi connectivity index (χ3v) is 13.0. The van der Waals surface area contributed by atoms with E-state index in [1.807, 2.05) is 36.4 Å². The highest BCUT2D eigenvalue weighted by Gasteiger charge is 2.47. The van der Waals surface area contributed by atoms with E-state index in [0.717, 1.165) is 44.9 Å². The lowest BCUT2D eigenvalue weighted by Gasteiger charge is -2.46. The maximum Gasteiger partial charge on any atom is 0.164 e. The van der Waals surface area contributed by atoms with Crippen molar-refractivity contribution in [3.63, 3.8) is 0 Å². The van der Waals surface area contributed by atoms with Gasteiger partial charge < -0.3 is 4.90 Å². The second kappa shape index (κ2) is 14.1. The number of hydrogen-bond donors (Lipinski definition) is 0. The van der Waals surface area contributed by atoms with E-state index in [-0.39, 0.29) is 5.41 Å². The predicted octanol–water partition coefficient (Wildman–Crippen LogP) is 14.0. The number of anilines is 3. The number of aromatic nitrogens is 3. The number of benzene rings is 8. The van der Waals surface area contributed by atoms with Crippen LogP contribution in [0.2, 0.25) is 0 Å². The van der Waals surface area contributed by atoms with E-state index in [2.05, 4.69) is 190 Å². The fourth-order valence-electron chi connectivity index (χ4n) is 10.3. The quantitative estimate of drug-likeness (QED) is 0.168. The molecule has 0 radical (unpaired) electrons. The molecule has 0 amide bonds. The molecule has 11 rings (SSSR count). The van der Waals surface area contributed by atoms with Gasteiger partial charge in [0.25, 0.3) is 0 Å². The molecule has 9 aromatic rings. The van der Waals surface area contributed by atoms with E-state index in [4.69, 9.17) is 15.0 Å². The van der Waals surface area contributed by atoms with Crippen LogP contribution in [0.25, 0.3) is 45.3 Å². The van der Waals surface area contributed by atoms with Gasteiger partial charge in [-0.15, -0.1) is 0 Å². The summed E-state index contributed by atoms with van der Waals surface area (Å²) >= 11 is 0. The number of fused-ring (bicyclic) bond motifs is 5. The second-order valence-corrected chi connectivity index (χ2v) is 16.9. The van der Waals surface area contributed by atoms with Crippen molar-refractivity contribution in [1.29, 1.82) is 0 Å². The minimum Gasteiger partial charge on any atom is -0.310 e. The molecule has 2 heterocycles. The molecule has 292 valence electrons. The van der Waals surface area contributed by atoms with Crippen molar-refractivity contribution < 1.29 is 0 Å². The van der Waals surface area contributed by atoms with Gasteiger partial charge in [-0.3, -0.25) is 0 Å². The third kappa shape index (κ3) is 5.63. The van der Waals surface area contributed by atoms with Crippen LogP contribution in [0.3, 0.4) is 0 Å². The summed E-state index contributed by atoms with van der Waals surface area (Å²) in [5, 5.41) is 0. The van der Waals surface area contributed by atoms with E-state index < -0.39 is 5.41 Å². The predicted molar refractivity (Wildman–Crippen MR) is 250 cm³/mol. The lowest BCUT2D eigenvalue weighted by Crippen LogP contribution is -2.37. The van der Waals surface area contributed by atoms with Crippen LogP contribution in [0.15, 0.2) is 194 Å². The van der Waals surface area contributed by atoms with Crippen molar-refractivity contribution in [3.05, 3.63) is 239 Å². The molecule has 0 spiro atoms. The Bertz CT molecular complexity index is 3010. The van der Waals surface area contributed by atoms with Crippen LogP contribution >= 0.6 is 0 Å². The molecule has 0 fully saturated rings. The molecular formula is C57H44N4. The monoisotopic (exact) mass is 784 g/mol. The van der Waals surface area contributed by atoms with Gasteiger partial charge in [0.05, 0.1) is 16.8 Å². The normalized spacial score (nSPS) is 14.1. The molecule has 61 heavy (non-hydrogen) atoms. The lowest BCUT2D eigenvalue weighted by molar-refractivity contribution is 0.658. The number of rotatable bonds is 6. The van der Waals surface area contributed by atoms with Crippen molar-refractivity contribution in [2.75, 3.05) is 4.90 Å². The van der Waals surface area contributed by atoms with E-state index in [1.54, 1.807) is 0 Å². The van der Waals surface area contributed by atoms with E-state index in [1.165, 1.54) is 44.5 Å². The minimum atomic E-state index is -0.599. The molecule has 8 aromatic carbocycles. The fraction of sp³-hybridized carbons (Fsp3) is 0.105. The molecule has 4 heteroatoms. The highest BCUT2D eigenvalue weighted by atomic mass is 15.2. The van der Waals surface area contributed by atoms with Crippen molar-refractivity contribution in [3.8, 4) is 45.3 Å². The minimum absolute atomic E-state index is 0.0844. The molecule has 1 aliphatic heterocycles. The SMILES string of the molecule is Cc1cc(N2c3ccccc3C(c3ccccc3)(c3ccc4c(c3)-c3ccccc3C4(C)C)c3ccccc32)cc(C)c1-c1nc(-c2ccccc2)nc(-c2ccccc2)n1. The Morgan fingerprint density at radius 3 is 1.43 bits per heavy atom. The summed E-state index contributed by atoms with van der Waals surface area (Å²) in [6.45, 7) is 9.07. The van der Waals surface area contributed by atoms with Crippen LogP contribution in [0.4, 0.5) is 17.1 Å². The third-order valence-electron chi connectivity index (χ3n) is 13.0. The van der Waals surface area contributed by atoms with Gasteiger partial charge in [-0.2, -0.15) is 0 Å². The van der Waals surface area contributed by atoms with Gasteiger partial charge in [-0.1, -0.05) is 178 Å². The smallest absolute Gasteiger partial charge is 0.164 e. The number of aryl methyl sites for hydroxylation is 2. The van der Waals surface area contributed by atoms with Crippen LogP contribution in [0.1, 0.15) is 58.4 Å². The first-order valence-corrected chi connectivity index (χ1v) is 21.1. The Balaban J connectivity index is 1.11. The highest BCUT2D eigenvalue weighted by Crippen LogP contribution is 2.59. The molecule has 0 saturated heterocycles. The van der Waals surface area contributed by atoms with Gasteiger partial charge in [0.1, 0.15) is 0 Å². The zero-order valence-corrected chi connectivity index (χ0v) is 34.8. The molecule has 2 aliphatic rings. The van der Waals surface area contributed by atoms with E-state index >= 15 is 0 Å². The molecule has 4 nitrogen and oxygen atoms in total. The Morgan fingerprint density at radius 1 is 0.393 bits per heavy atom. The van der Waals surface area contributed by atoms with Crippen LogP contribution in [0.5, 0.6) is 0 Å². The van der Waals surface area contributed by atoms with Gasteiger partial charge in [0.15, 0.2) is 17.5 Å². The van der Waals surface area contributed by atoms with Crippen molar-refractivity contribution in [2.45, 2.75) is 38.5 Å². The standard InChI is InChI=1S/C57H44N4/c1-37-34-43(35-38(2)52(37)55-59-53(39-20-8-5-9-21-39)58-54(60-55)40-22-10-6-11-23-40)61-50-30-18-16-28-48(50)57(41-24-12-7-13-25-41,49-29-17-19-31-51(49)61)42-32-33-47-45(36-42)44-26-14-15-27-46(44)56(47,3)4/h5-36H,1-4H3. The van der Waals surface area contributed by atoms with Crippen molar-refractivity contribution in [1.82, 2.24) is 15.0 Å². The summed E-state index contributed by atoms with van der Waals surface area (Å²) in [6, 6.07) is 70.3. The van der Waals surface area contributed by atoms with E-state index in [9.17, 15) is 0 Å². The number of hydrogen-bond acceptors (Lipinski definition) is 4. The fourth-order valence-corrected chi connectivity index (χ4v) is 10.3. The molecular weight excluding hydrogens is 741 g/mol. The summed E-state index contributed by atoms with van der Waals surface area (Å²) in [5.74, 6) is 1.97. The summed E-state index contributed by atoms with van der Waals surface area (Å²) < 4.78 is 0. The molecule has 0 N–H and O–H groups in total. The Labute approximate surface area is 357 Å². The maximum absolute atomic E-state index is 5.13. The lowest BCUT2D eigenvalue weighted by atomic mass is 9.62. The summed E-state index contributed by atoms with van der Waals surface area (Å²) in [7, 11) is 0. The number of para-hydroxylation sites is 2. The molecule has 0 atom stereocenters. The number of nitrogens with zero attached hydrogens (tertiary/aromatic N) is 4. The molecule has 0 unspecified atom stereocenters. The first kappa shape index (κ1) is 36.6. The Hall–Kier alpha value is -7.43. The largest absolute Gasteiger partial charge is 0.310 e. The average Bonchev–Trinajstić information content (AvgIpc) is 3.53. The second-order valence-electron chi connectivity index (χ2n) is 16.9. The van der Waals surface area contributed by atoms with Gasteiger partial charge >= 0.3 is 0 Å². The van der Waals surface area contributed by atoms with E-state index in [0.29, 0.717) is 17.5 Å². The summed E-state index contributed by atoms with van der Waals surface area (Å²) in [5.41, 5.74) is 18.2. The summed E-state index contributed by atoms with van der Waals surface area (Å²) in [6.07, 6.45) is 0. The van der Waals surface area contributed by atoms with Gasteiger partial charge in [-0.25, -0.2) is 15.0 Å². The van der Waals surface area contributed by atoms with Gasteiger partial charge in [-0.05, 0) is 99.8 Å². The maximum atomic E-state index is 5.13. The van der Waals surface area contributed by atoms with Crippen molar-refractivity contribution >= 4 is 17.1 Å². The van der Waals surface area contributed by atoms with Crippen LogP contribution in [-0.4, -0.2) is 15.0 Å². The first-order valence-electron chi connectivity index (χ1n) is 21.1. The zero-order chi connectivity index (χ0) is 41.3. The topological polar surface area (TPSA) is 41.9 Å². The van der Waals surface area contributed by atoms with Crippen LogP contribution < -0.4 is 4.90 Å². The first-order chi connectivity index (χ1) is 29.8. The van der Waals surface area contributed by atoms with Gasteiger partial charge in [0, 0.05) is 27.8 Å². The Morgan fingerprint density at radius 2 is 0.852 bits per heavy atom. The summed E-state index contributed by atoms with van der Waals surface area (Å²) in [4.78, 5) is 17.7. The van der Waals surface area contributed by atoms with Gasteiger partial charge in [0.2, 0.25) is 0 Å². The van der Waals surface area contributed by atoms with Crippen molar-refractivity contribution in [2.24, 2.45) is 0 Å². The molecule has 0 bridgehead atoms. The average molecular weight is 785 g/mol. The van der Waals surface area contributed by atoms with Crippen LogP contribution in [-0.2, 0) is 10.8 Å². The Kier molecular flexibility index (Phi) is 8.47.